The van der Waals surface area contributed by atoms with Crippen molar-refractivity contribution >= 4 is 40.5 Å². The number of fused-ring (bicyclic) bond motifs is 1. The van der Waals surface area contributed by atoms with E-state index in [1.165, 1.54) is 23.0 Å². The summed E-state index contributed by atoms with van der Waals surface area (Å²) in [6.45, 7) is 4.03. The van der Waals surface area contributed by atoms with Crippen molar-refractivity contribution in [2.24, 2.45) is 12.2 Å². The van der Waals surface area contributed by atoms with Crippen LogP contribution in [0.2, 0.25) is 0 Å². The third-order valence-electron chi connectivity index (χ3n) is 5.59. The molecule has 202 valence electrons. The second kappa shape index (κ2) is 11.3. The molecule has 4 aromatic rings. The number of carbonyl (C=O) groups excluding carboxylic acids is 2. The van der Waals surface area contributed by atoms with Crippen LogP contribution in [0.15, 0.2) is 71.9 Å². The van der Waals surface area contributed by atoms with Crippen LogP contribution in [-0.4, -0.2) is 34.4 Å². The van der Waals surface area contributed by atoms with Gasteiger partial charge in [-0.3, -0.25) is 19.6 Å². The Hall–Kier alpha value is -4.87. The second-order valence-corrected chi connectivity index (χ2v) is 8.76. The van der Waals surface area contributed by atoms with Crippen molar-refractivity contribution in [3.8, 4) is 5.75 Å². The third-order valence-corrected chi connectivity index (χ3v) is 5.59. The monoisotopic (exact) mass is 539 g/mol. The van der Waals surface area contributed by atoms with Gasteiger partial charge in [0, 0.05) is 23.8 Å². The summed E-state index contributed by atoms with van der Waals surface area (Å²) < 4.78 is 42.3. The van der Waals surface area contributed by atoms with Gasteiger partial charge in [-0.25, -0.2) is 4.79 Å². The predicted molar refractivity (Wildman–Crippen MR) is 140 cm³/mol. The summed E-state index contributed by atoms with van der Waals surface area (Å²) in [5, 5.41) is 13.8. The van der Waals surface area contributed by atoms with Crippen LogP contribution in [0.4, 0.5) is 29.3 Å². The highest BCUT2D eigenvalue weighted by atomic mass is 19.4. The van der Waals surface area contributed by atoms with Gasteiger partial charge in [0.05, 0.1) is 11.7 Å². The quantitative estimate of drug-likeness (QED) is 0.160. The summed E-state index contributed by atoms with van der Waals surface area (Å²) in [4.78, 5) is 29.9. The molecular formula is C27H24F3N5O4. The largest absolute Gasteiger partial charge is 0.573 e. The van der Waals surface area contributed by atoms with E-state index in [-0.39, 0.29) is 17.3 Å². The molecule has 2 amide bonds. The molecule has 1 heterocycles. The molecule has 0 unspecified atom stereocenters. The number of para-hydroxylation sites is 1. The zero-order valence-electron chi connectivity index (χ0n) is 21.1. The number of amides is 2. The summed E-state index contributed by atoms with van der Waals surface area (Å²) in [6.07, 6.45) is -4.19. The van der Waals surface area contributed by atoms with E-state index in [1.54, 1.807) is 31.3 Å². The smallest absolute Gasteiger partial charge is 0.406 e. The highest BCUT2D eigenvalue weighted by Gasteiger charge is 2.31. The van der Waals surface area contributed by atoms with Gasteiger partial charge in [-0.1, -0.05) is 43.3 Å². The molecule has 0 fully saturated rings. The van der Waals surface area contributed by atoms with Crippen molar-refractivity contribution in [3.63, 3.8) is 0 Å². The van der Waals surface area contributed by atoms with E-state index in [0.29, 0.717) is 22.2 Å². The molecule has 4 rings (SSSR count). The van der Waals surface area contributed by atoms with Gasteiger partial charge >= 0.3 is 12.5 Å². The zero-order valence-corrected chi connectivity index (χ0v) is 21.1. The van der Waals surface area contributed by atoms with Crippen molar-refractivity contribution in [1.82, 2.24) is 9.78 Å². The van der Waals surface area contributed by atoms with Crippen LogP contribution >= 0.6 is 0 Å². The summed E-state index contributed by atoms with van der Waals surface area (Å²) in [5.41, 5.74) is 3.18. The van der Waals surface area contributed by atoms with Crippen LogP contribution in [0.3, 0.4) is 0 Å². The number of carbonyl (C=O) groups is 2. The SMILES string of the molecule is CC(C)c1ccccc1NC(=O)O/N=C/c1ccc2c(C(=O)Nc3ccc(OC(F)(F)F)cc3)nn(C)c2c1. The first kappa shape index (κ1) is 27.2. The lowest BCUT2D eigenvalue weighted by molar-refractivity contribution is -0.274. The Morgan fingerprint density at radius 3 is 2.44 bits per heavy atom. The number of aryl methyl sites for hydroxylation is 1. The van der Waals surface area contributed by atoms with Gasteiger partial charge < -0.3 is 10.1 Å². The fourth-order valence-corrected chi connectivity index (χ4v) is 3.83. The fourth-order valence-electron chi connectivity index (χ4n) is 3.83. The number of benzene rings is 3. The third kappa shape index (κ3) is 6.92. The molecule has 0 spiro atoms. The summed E-state index contributed by atoms with van der Waals surface area (Å²) in [7, 11) is 1.65. The highest BCUT2D eigenvalue weighted by molar-refractivity contribution is 6.11. The predicted octanol–water partition coefficient (Wildman–Crippen LogP) is 6.43. The average molecular weight is 540 g/mol. The molecule has 2 N–H and O–H groups in total. The first-order valence-electron chi connectivity index (χ1n) is 11.7. The molecule has 0 bridgehead atoms. The molecule has 9 nitrogen and oxygen atoms in total. The number of anilines is 2. The van der Waals surface area contributed by atoms with Crippen molar-refractivity contribution in [3.05, 3.63) is 83.6 Å². The van der Waals surface area contributed by atoms with Crippen molar-refractivity contribution in [1.29, 1.82) is 0 Å². The fraction of sp³-hybridized carbons (Fsp3) is 0.185. The van der Waals surface area contributed by atoms with E-state index in [2.05, 4.69) is 25.6 Å². The van der Waals surface area contributed by atoms with E-state index in [4.69, 9.17) is 4.84 Å². The lowest BCUT2D eigenvalue weighted by Gasteiger charge is -2.12. The number of rotatable bonds is 7. The molecule has 39 heavy (non-hydrogen) atoms. The van der Waals surface area contributed by atoms with Crippen molar-refractivity contribution < 1.29 is 32.3 Å². The minimum absolute atomic E-state index is 0.117. The van der Waals surface area contributed by atoms with Gasteiger partial charge in [0.2, 0.25) is 0 Å². The Balaban J connectivity index is 1.42. The number of nitrogens with zero attached hydrogens (tertiary/aromatic N) is 3. The maximum Gasteiger partial charge on any atom is 0.573 e. The highest BCUT2D eigenvalue weighted by Crippen LogP contribution is 2.26. The van der Waals surface area contributed by atoms with Crippen molar-refractivity contribution in [2.75, 3.05) is 10.6 Å². The lowest BCUT2D eigenvalue weighted by Crippen LogP contribution is -2.17. The molecule has 0 aliphatic carbocycles. The van der Waals surface area contributed by atoms with Gasteiger partial charge in [0.15, 0.2) is 5.69 Å². The minimum Gasteiger partial charge on any atom is -0.406 e. The average Bonchev–Trinajstić information content (AvgIpc) is 3.20. The van der Waals surface area contributed by atoms with Crippen LogP contribution < -0.4 is 15.4 Å². The standard InChI is InChI=1S/C27H24F3N5O4/c1-16(2)20-6-4-5-7-22(20)33-26(37)39-31-15-17-8-13-21-23(14-17)35(3)34-24(21)25(36)32-18-9-11-19(12-10-18)38-27(28,29)30/h4-16H,1-3H3,(H,32,36)(H,33,37)/b31-15+. The maximum absolute atomic E-state index is 12.8. The van der Waals surface area contributed by atoms with E-state index >= 15 is 0 Å². The normalized spacial score (nSPS) is 11.7. The molecule has 0 saturated heterocycles. The molecule has 0 saturated carbocycles. The van der Waals surface area contributed by atoms with Crippen LogP contribution in [0, 0.1) is 0 Å². The molecule has 0 radical (unpaired) electrons. The second-order valence-electron chi connectivity index (χ2n) is 8.76. The topological polar surface area (TPSA) is 107 Å². The number of hydrogen-bond acceptors (Lipinski definition) is 6. The Morgan fingerprint density at radius 1 is 1.03 bits per heavy atom. The van der Waals surface area contributed by atoms with Crippen molar-refractivity contribution in [2.45, 2.75) is 26.1 Å². The molecule has 12 heteroatoms. The number of oxime groups is 1. The summed E-state index contributed by atoms with van der Waals surface area (Å²) in [5.74, 6) is -0.742. The number of alkyl halides is 3. The van der Waals surface area contributed by atoms with E-state index in [9.17, 15) is 22.8 Å². The molecule has 3 aromatic carbocycles. The van der Waals surface area contributed by atoms with E-state index in [0.717, 1.165) is 17.7 Å². The molecular weight excluding hydrogens is 515 g/mol. The van der Waals surface area contributed by atoms with Crippen LogP contribution in [0.5, 0.6) is 5.75 Å². The Bertz CT molecular complexity index is 1530. The van der Waals surface area contributed by atoms with E-state index < -0.39 is 24.1 Å². The van der Waals surface area contributed by atoms with Crippen LogP contribution in [0.1, 0.15) is 41.4 Å². The summed E-state index contributed by atoms with van der Waals surface area (Å²) >= 11 is 0. The van der Waals surface area contributed by atoms with Gasteiger partial charge in [0.25, 0.3) is 5.91 Å². The van der Waals surface area contributed by atoms with E-state index in [1.807, 2.05) is 32.0 Å². The zero-order chi connectivity index (χ0) is 28.2. The Labute approximate surface area is 221 Å². The number of ether oxygens (including phenoxy) is 1. The molecule has 0 atom stereocenters. The molecule has 0 aliphatic heterocycles. The Morgan fingerprint density at radius 2 is 1.74 bits per heavy atom. The number of aromatic nitrogens is 2. The number of nitrogens with one attached hydrogen (secondary N) is 2. The first-order valence-corrected chi connectivity index (χ1v) is 11.7. The minimum atomic E-state index is -4.81. The molecule has 1 aromatic heterocycles. The maximum atomic E-state index is 12.8. The van der Waals surface area contributed by atoms with Gasteiger partial charge in [-0.05, 0) is 59.5 Å². The van der Waals surface area contributed by atoms with Gasteiger partial charge in [-0.15, -0.1) is 13.2 Å². The first-order chi connectivity index (χ1) is 18.5. The lowest BCUT2D eigenvalue weighted by atomic mass is 10.0. The number of hydrogen-bond donors (Lipinski definition) is 2. The molecule has 0 aliphatic rings. The summed E-state index contributed by atoms with van der Waals surface area (Å²) in [6, 6.07) is 17.2. The van der Waals surface area contributed by atoms with Gasteiger partial charge in [-0.2, -0.15) is 5.10 Å². The van der Waals surface area contributed by atoms with Crippen LogP contribution in [0.25, 0.3) is 10.9 Å². The Kier molecular flexibility index (Phi) is 7.84. The van der Waals surface area contributed by atoms with Gasteiger partial charge in [0.1, 0.15) is 5.75 Å². The number of halogens is 3. The van der Waals surface area contributed by atoms with Crippen LogP contribution in [-0.2, 0) is 11.9 Å².